The second-order valence-corrected chi connectivity index (χ2v) is 6.46. The third-order valence-electron chi connectivity index (χ3n) is 4.75. The lowest BCUT2D eigenvalue weighted by molar-refractivity contribution is -0.118. The lowest BCUT2D eigenvalue weighted by atomic mass is 10.1. The molecule has 24 heavy (non-hydrogen) atoms. The Bertz CT molecular complexity index is 597. The molecule has 0 bridgehead atoms. The highest BCUT2D eigenvalue weighted by Gasteiger charge is 2.22. The Labute approximate surface area is 142 Å². The first kappa shape index (κ1) is 16.9. The number of ether oxygens (including phenoxy) is 1. The second kappa shape index (κ2) is 7.77. The molecule has 3 rings (SSSR count). The number of hydrogen-bond donors (Lipinski definition) is 1. The van der Waals surface area contributed by atoms with E-state index in [1.54, 1.807) is 12.0 Å². The summed E-state index contributed by atoms with van der Waals surface area (Å²) >= 11 is 0. The molecular formula is C18H25N3O3. The number of methoxy groups -OCH3 is 1. The Kier molecular flexibility index (Phi) is 5.48. The molecule has 2 aliphatic rings. The maximum Gasteiger partial charge on any atom is 0.238 e. The molecule has 2 saturated heterocycles. The van der Waals surface area contributed by atoms with Crippen LogP contribution in [0.1, 0.15) is 25.7 Å². The van der Waals surface area contributed by atoms with E-state index < -0.39 is 0 Å². The van der Waals surface area contributed by atoms with Crippen LogP contribution >= 0.6 is 0 Å². The van der Waals surface area contributed by atoms with Crippen molar-refractivity contribution < 1.29 is 14.3 Å². The van der Waals surface area contributed by atoms with E-state index in [0.717, 1.165) is 50.3 Å². The first-order valence-electron chi connectivity index (χ1n) is 8.61. The molecule has 0 aliphatic carbocycles. The summed E-state index contributed by atoms with van der Waals surface area (Å²) in [6, 6.07) is 7.52. The zero-order valence-corrected chi connectivity index (χ0v) is 14.2. The van der Waals surface area contributed by atoms with Crippen molar-refractivity contribution in [3.63, 3.8) is 0 Å². The van der Waals surface area contributed by atoms with Crippen LogP contribution in [0.15, 0.2) is 24.3 Å². The SMILES string of the molecule is COC1CCN(CC(=O)Nc2cccc(N3CCCC3=O)c2)CC1. The van der Waals surface area contributed by atoms with Crippen molar-refractivity contribution in [1.29, 1.82) is 0 Å². The highest BCUT2D eigenvalue weighted by Crippen LogP contribution is 2.24. The number of likely N-dealkylation sites (tertiary alicyclic amines) is 1. The molecule has 6 heteroatoms. The monoisotopic (exact) mass is 331 g/mol. The number of nitrogens with zero attached hydrogens (tertiary/aromatic N) is 2. The van der Waals surface area contributed by atoms with Gasteiger partial charge in [-0.2, -0.15) is 0 Å². The standard InChI is InChI=1S/C18H25N3O3/c1-24-16-7-10-20(11-8-16)13-17(22)19-14-4-2-5-15(12-14)21-9-3-6-18(21)23/h2,4-5,12,16H,3,6-11,13H2,1H3,(H,19,22). The Hall–Kier alpha value is -1.92. The molecule has 0 aromatic heterocycles. The lowest BCUT2D eigenvalue weighted by Crippen LogP contribution is -2.41. The molecule has 2 amide bonds. The van der Waals surface area contributed by atoms with E-state index >= 15 is 0 Å². The van der Waals surface area contributed by atoms with E-state index in [1.165, 1.54) is 0 Å². The number of amides is 2. The molecule has 1 aromatic carbocycles. The summed E-state index contributed by atoms with van der Waals surface area (Å²) in [7, 11) is 1.74. The van der Waals surface area contributed by atoms with Gasteiger partial charge in [0.15, 0.2) is 0 Å². The van der Waals surface area contributed by atoms with Crippen LogP contribution in [0.25, 0.3) is 0 Å². The van der Waals surface area contributed by atoms with Crippen molar-refractivity contribution in [1.82, 2.24) is 4.90 Å². The zero-order valence-electron chi connectivity index (χ0n) is 14.2. The van der Waals surface area contributed by atoms with E-state index in [-0.39, 0.29) is 11.8 Å². The van der Waals surface area contributed by atoms with Crippen molar-refractivity contribution in [3.8, 4) is 0 Å². The van der Waals surface area contributed by atoms with Gasteiger partial charge in [-0.05, 0) is 37.5 Å². The largest absolute Gasteiger partial charge is 0.381 e. The fourth-order valence-electron chi connectivity index (χ4n) is 3.38. The summed E-state index contributed by atoms with van der Waals surface area (Å²) < 4.78 is 5.35. The first-order valence-corrected chi connectivity index (χ1v) is 8.61. The van der Waals surface area contributed by atoms with Crippen LogP contribution in [0.3, 0.4) is 0 Å². The Morgan fingerprint density at radius 3 is 2.75 bits per heavy atom. The molecule has 130 valence electrons. The molecule has 0 spiro atoms. The van der Waals surface area contributed by atoms with Crippen molar-refractivity contribution in [2.45, 2.75) is 31.8 Å². The van der Waals surface area contributed by atoms with Crippen LogP contribution in [-0.4, -0.2) is 56.1 Å². The predicted molar refractivity (Wildman–Crippen MR) is 93.1 cm³/mol. The minimum absolute atomic E-state index is 0.0178. The Morgan fingerprint density at radius 1 is 1.29 bits per heavy atom. The van der Waals surface area contributed by atoms with Crippen LogP contribution < -0.4 is 10.2 Å². The average molecular weight is 331 g/mol. The first-order chi connectivity index (χ1) is 11.7. The van der Waals surface area contributed by atoms with Crippen molar-refractivity contribution in [3.05, 3.63) is 24.3 Å². The van der Waals surface area contributed by atoms with Gasteiger partial charge in [0.05, 0.1) is 12.6 Å². The molecule has 0 saturated carbocycles. The van der Waals surface area contributed by atoms with E-state index in [9.17, 15) is 9.59 Å². The fraction of sp³-hybridized carbons (Fsp3) is 0.556. The van der Waals surface area contributed by atoms with Gasteiger partial charge < -0.3 is 15.0 Å². The van der Waals surface area contributed by atoms with Crippen molar-refractivity contribution >= 4 is 23.2 Å². The molecule has 6 nitrogen and oxygen atoms in total. The van der Waals surface area contributed by atoms with Gasteiger partial charge in [-0.3, -0.25) is 14.5 Å². The van der Waals surface area contributed by atoms with Gasteiger partial charge >= 0.3 is 0 Å². The zero-order chi connectivity index (χ0) is 16.9. The van der Waals surface area contributed by atoms with Gasteiger partial charge in [-0.25, -0.2) is 0 Å². The summed E-state index contributed by atoms with van der Waals surface area (Å²) in [5.41, 5.74) is 1.60. The van der Waals surface area contributed by atoms with Gasteiger partial charge in [0.2, 0.25) is 11.8 Å². The number of anilines is 2. The van der Waals surface area contributed by atoms with E-state index in [1.807, 2.05) is 24.3 Å². The molecule has 2 heterocycles. The Balaban J connectivity index is 1.54. The maximum atomic E-state index is 12.3. The number of hydrogen-bond acceptors (Lipinski definition) is 4. The third-order valence-corrected chi connectivity index (χ3v) is 4.75. The molecule has 0 radical (unpaired) electrons. The molecule has 0 unspecified atom stereocenters. The molecular weight excluding hydrogens is 306 g/mol. The van der Waals surface area contributed by atoms with E-state index in [2.05, 4.69) is 10.2 Å². The van der Waals surface area contributed by atoms with E-state index in [0.29, 0.717) is 19.1 Å². The second-order valence-electron chi connectivity index (χ2n) is 6.46. The van der Waals surface area contributed by atoms with Crippen LogP contribution in [0.5, 0.6) is 0 Å². The van der Waals surface area contributed by atoms with Gasteiger partial charge in [0.1, 0.15) is 0 Å². The number of benzene rings is 1. The minimum Gasteiger partial charge on any atom is -0.381 e. The predicted octanol–water partition coefficient (Wildman–Crippen LogP) is 1.86. The van der Waals surface area contributed by atoms with Gasteiger partial charge in [-0.1, -0.05) is 6.07 Å². The summed E-state index contributed by atoms with van der Waals surface area (Å²) in [5.74, 6) is 0.134. The summed E-state index contributed by atoms with van der Waals surface area (Å²) in [4.78, 5) is 28.0. The number of carbonyl (C=O) groups excluding carboxylic acids is 2. The highest BCUT2D eigenvalue weighted by atomic mass is 16.5. The molecule has 1 N–H and O–H groups in total. The fourth-order valence-corrected chi connectivity index (χ4v) is 3.38. The normalized spacial score (nSPS) is 19.7. The lowest BCUT2D eigenvalue weighted by Gasteiger charge is -2.30. The Morgan fingerprint density at radius 2 is 2.08 bits per heavy atom. The molecule has 2 fully saturated rings. The molecule has 1 aromatic rings. The number of piperidine rings is 1. The van der Waals surface area contributed by atoms with Crippen LogP contribution in [0.2, 0.25) is 0 Å². The minimum atomic E-state index is -0.0178. The number of carbonyl (C=O) groups is 2. The van der Waals surface area contributed by atoms with Crippen molar-refractivity contribution in [2.75, 3.05) is 43.5 Å². The van der Waals surface area contributed by atoms with Gasteiger partial charge in [0, 0.05) is 44.5 Å². The third kappa shape index (κ3) is 4.13. The average Bonchev–Trinajstić information content (AvgIpc) is 3.02. The van der Waals surface area contributed by atoms with Crippen LogP contribution in [-0.2, 0) is 14.3 Å². The molecule has 0 atom stereocenters. The summed E-state index contributed by atoms with van der Waals surface area (Å²) in [6.07, 6.45) is 3.76. The number of nitrogens with one attached hydrogen (secondary N) is 1. The number of rotatable bonds is 5. The highest BCUT2D eigenvalue weighted by molar-refractivity contribution is 5.97. The van der Waals surface area contributed by atoms with Crippen LogP contribution in [0.4, 0.5) is 11.4 Å². The van der Waals surface area contributed by atoms with Gasteiger partial charge in [-0.15, -0.1) is 0 Å². The van der Waals surface area contributed by atoms with Crippen LogP contribution in [0, 0.1) is 0 Å². The van der Waals surface area contributed by atoms with Crippen molar-refractivity contribution in [2.24, 2.45) is 0 Å². The summed E-state index contributed by atoms with van der Waals surface area (Å²) in [6.45, 7) is 2.91. The molecule has 2 aliphatic heterocycles. The van der Waals surface area contributed by atoms with E-state index in [4.69, 9.17) is 4.74 Å². The van der Waals surface area contributed by atoms with Gasteiger partial charge in [0.25, 0.3) is 0 Å². The topological polar surface area (TPSA) is 61.9 Å². The maximum absolute atomic E-state index is 12.3. The smallest absolute Gasteiger partial charge is 0.238 e. The quantitative estimate of drug-likeness (QED) is 0.895. The summed E-state index contributed by atoms with van der Waals surface area (Å²) in [5, 5.41) is 2.94.